The van der Waals surface area contributed by atoms with E-state index in [0.717, 1.165) is 19.4 Å². The summed E-state index contributed by atoms with van der Waals surface area (Å²) in [5, 5.41) is 8.81. The molecule has 1 saturated heterocycles. The van der Waals surface area contributed by atoms with Gasteiger partial charge in [0.25, 0.3) is 0 Å². The molecule has 1 heterocycles. The molecule has 1 N–H and O–H groups in total. The molecular weight excluding hydrogens is 170 g/mol. The monoisotopic (exact) mass is 187 g/mol. The number of nitrogens with zero attached hydrogens (tertiary/aromatic N) is 1. The summed E-state index contributed by atoms with van der Waals surface area (Å²) < 4.78 is 4.92. The molecule has 0 aliphatic carbocycles. The summed E-state index contributed by atoms with van der Waals surface area (Å²) in [5.74, 6) is 0. The maximum atomic E-state index is 11.3. The van der Waals surface area contributed by atoms with Crippen molar-refractivity contribution in [2.24, 2.45) is 0 Å². The molecule has 1 amide bonds. The number of aliphatic hydroxyl groups is 1. The molecule has 1 atom stereocenters. The van der Waals surface area contributed by atoms with E-state index >= 15 is 0 Å². The Morgan fingerprint density at radius 2 is 2.46 bits per heavy atom. The van der Waals surface area contributed by atoms with E-state index < -0.39 is 0 Å². The van der Waals surface area contributed by atoms with Crippen LogP contribution in [0.25, 0.3) is 0 Å². The molecule has 1 aliphatic rings. The quantitative estimate of drug-likeness (QED) is 0.714. The summed E-state index contributed by atoms with van der Waals surface area (Å²) in [7, 11) is 0. The van der Waals surface area contributed by atoms with Gasteiger partial charge in [0.2, 0.25) is 0 Å². The lowest BCUT2D eigenvalue weighted by Crippen LogP contribution is -2.46. The van der Waals surface area contributed by atoms with Gasteiger partial charge in [-0.15, -0.1) is 0 Å². The third-order valence-corrected chi connectivity index (χ3v) is 2.28. The number of ether oxygens (including phenoxy) is 1. The summed E-state index contributed by atoms with van der Waals surface area (Å²) in [4.78, 5) is 13.0. The number of carbonyl (C=O) groups is 1. The van der Waals surface area contributed by atoms with Crippen molar-refractivity contribution in [1.29, 1.82) is 0 Å². The maximum Gasteiger partial charge on any atom is 0.410 e. The van der Waals surface area contributed by atoms with E-state index in [-0.39, 0.29) is 18.7 Å². The van der Waals surface area contributed by atoms with Crippen LogP contribution in [0.5, 0.6) is 0 Å². The highest BCUT2D eigenvalue weighted by Gasteiger charge is 2.27. The average Bonchev–Trinajstić information content (AvgIpc) is 2.11. The second-order valence-electron chi connectivity index (χ2n) is 3.26. The fraction of sp³-hybridized carbons (Fsp3) is 0.889. The zero-order chi connectivity index (χ0) is 9.68. The molecule has 1 rings (SSSR count). The van der Waals surface area contributed by atoms with Crippen LogP contribution >= 0.6 is 0 Å². The van der Waals surface area contributed by atoms with E-state index in [0.29, 0.717) is 13.0 Å². The van der Waals surface area contributed by atoms with Crippen LogP contribution in [0.1, 0.15) is 26.2 Å². The molecule has 0 aromatic rings. The predicted molar refractivity (Wildman–Crippen MR) is 48.5 cm³/mol. The highest BCUT2D eigenvalue weighted by atomic mass is 16.6. The number of rotatable bonds is 4. The molecule has 76 valence electrons. The molecule has 1 fully saturated rings. The zero-order valence-corrected chi connectivity index (χ0v) is 8.03. The third kappa shape index (κ3) is 2.59. The van der Waals surface area contributed by atoms with E-state index in [9.17, 15) is 4.79 Å². The molecule has 4 nitrogen and oxygen atoms in total. The van der Waals surface area contributed by atoms with Gasteiger partial charge in [-0.2, -0.15) is 0 Å². The Balaban J connectivity index is 2.51. The number of aliphatic hydroxyl groups excluding tert-OH is 1. The highest BCUT2D eigenvalue weighted by Crippen LogP contribution is 2.16. The minimum Gasteiger partial charge on any atom is -0.449 e. The van der Waals surface area contributed by atoms with Gasteiger partial charge in [0.05, 0.1) is 6.61 Å². The lowest BCUT2D eigenvalue weighted by atomic mass is 10.1. The highest BCUT2D eigenvalue weighted by molar-refractivity contribution is 5.68. The van der Waals surface area contributed by atoms with Crippen LogP contribution in [0.4, 0.5) is 4.79 Å². The second-order valence-corrected chi connectivity index (χ2v) is 3.26. The van der Waals surface area contributed by atoms with Crippen molar-refractivity contribution >= 4 is 6.09 Å². The first-order valence-corrected chi connectivity index (χ1v) is 4.83. The standard InChI is InChI=1S/C9H17NO3/c1-2-5-10-8(3-6-11)4-7-13-9(10)12/h8,11H,2-7H2,1H3. The first kappa shape index (κ1) is 10.3. The largest absolute Gasteiger partial charge is 0.449 e. The molecule has 4 heteroatoms. The van der Waals surface area contributed by atoms with Crippen LogP contribution in [0.3, 0.4) is 0 Å². The van der Waals surface area contributed by atoms with Crippen molar-refractivity contribution in [3.05, 3.63) is 0 Å². The summed E-state index contributed by atoms with van der Waals surface area (Å²) in [6, 6.07) is 0.172. The van der Waals surface area contributed by atoms with Gasteiger partial charge >= 0.3 is 6.09 Å². The molecule has 0 bridgehead atoms. The van der Waals surface area contributed by atoms with Gasteiger partial charge in [-0.25, -0.2) is 4.79 Å². The second kappa shape index (κ2) is 5.07. The molecule has 13 heavy (non-hydrogen) atoms. The predicted octanol–water partition coefficient (Wildman–Crippen LogP) is 0.990. The zero-order valence-electron chi connectivity index (χ0n) is 8.03. The number of hydrogen-bond acceptors (Lipinski definition) is 3. The van der Waals surface area contributed by atoms with E-state index in [1.807, 2.05) is 6.92 Å². The molecule has 0 aromatic heterocycles. The maximum absolute atomic E-state index is 11.3. The topological polar surface area (TPSA) is 49.8 Å². The van der Waals surface area contributed by atoms with Gasteiger partial charge in [-0.05, 0) is 12.8 Å². The first-order chi connectivity index (χ1) is 6.29. The lowest BCUT2D eigenvalue weighted by molar-refractivity contribution is 0.0368. The SMILES string of the molecule is CCCN1C(=O)OCCC1CCO. The molecule has 1 unspecified atom stereocenters. The Labute approximate surface area is 78.5 Å². The van der Waals surface area contributed by atoms with Crippen molar-refractivity contribution in [3.63, 3.8) is 0 Å². The number of cyclic esters (lactones) is 1. The van der Waals surface area contributed by atoms with Gasteiger partial charge < -0.3 is 14.7 Å². The van der Waals surface area contributed by atoms with Crippen molar-refractivity contribution in [2.45, 2.75) is 32.2 Å². The summed E-state index contributed by atoms with van der Waals surface area (Å²) in [6.45, 7) is 3.38. The van der Waals surface area contributed by atoms with Crippen molar-refractivity contribution in [1.82, 2.24) is 4.90 Å². The minimum atomic E-state index is -0.230. The van der Waals surface area contributed by atoms with Gasteiger partial charge in [0, 0.05) is 25.6 Å². The Kier molecular flexibility index (Phi) is 4.02. The van der Waals surface area contributed by atoms with Crippen LogP contribution in [0.2, 0.25) is 0 Å². The van der Waals surface area contributed by atoms with Crippen LogP contribution in [0.15, 0.2) is 0 Å². The number of hydrogen-bond donors (Lipinski definition) is 1. The van der Waals surface area contributed by atoms with E-state index in [1.165, 1.54) is 0 Å². The average molecular weight is 187 g/mol. The molecule has 0 radical (unpaired) electrons. The Morgan fingerprint density at radius 3 is 3.08 bits per heavy atom. The Morgan fingerprint density at radius 1 is 1.69 bits per heavy atom. The number of carbonyl (C=O) groups excluding carboxylic acids is 1. The van der Waals surface area contributed by atoms with Gasteiger partial charge in [0.15, 0.2) is 0 Å². The Hall–Kier alpha value is -0.770. The van der Waals surface area contributed by atoms with Crippen molar-refractivity contribution < 1.29 is 14.6 Å². The number of amides is 1. The Bertz CT molecular complexity index is 170. The fourth-order valence-corrected chi connectivity index (χ4v) is 1.63. The first-order valence-electron chi connectivity index (χ1n) is 4.83. The summed E-state index contributed by atoms with van der Waals surface area (Å²) >= 11 is 0. The normalized spacial score (nSPS) is 23.1. The fourth-order valence-electron chi connectivity index (χ4n) is 1.63. The van der Waals surface area contributed by atoms with E-state index in [2.05, 4.69) is 0 Å². The van der Waals surface area contributed by atoms with Crippen molar-refractivity contribution in [2.75, 3.05) is 19.8 Å². The van der Waals surface area contributed by atoms with Gasteiger partial charge in [0.1, 0.15) is 0 Å². The summed E-state index contributed by atoms with van der Waals surface area (Å²) in [6.07, 6.45) is 2.20. The smallest absolute Gasteiger partial charge is 0.410 e. The van der Waals surface area contributed by atoms with Gasteiger partial charge in [-0.1, -0.05) is 6.92 Å². The third-order valence-electron chi connectivity index (χ3n) is 2.28. The molecular formula is C9H17NO3. The van der Waals surface area contributed by atoms with E-state index in [1.54, 1.807) is 4.90 Å². The van der Waals surface area contributed by atoms with Crippen LogP contribution < -0.4 is 0 Å². The van der Waals surface area contributed by atoms with Crippen LogP contribution in [-0.2, 0) is 4.74 Å². The van der Waals surface area contributed by atoms with Crippen LogP contribution in [-0.4, -0.2) is 41.9 Å². The lowest BCUT2D eigenvalue weighted by Gasteiger charge is -2.34. The van der Waals surface area contributed by atoms with Gasteiger partial charge in [-0.3, -0.25) is 0 Å². The van der Waals surface area contributed by atoms with Crippen LogP contribution in [0, 0.1) is 0 Å². The molecule has 1 aliphatic heterocycles. The molecule has 0 spiro atoms. The van der Waals surface area contributed by atoms with E-state index in [4.69, 9.17) is 9.84 Å². The van der Waals surface area contributed by atoms with Crippen molar-refractivity contribution in [3.8, 4) is 0 Å². The molecule has 0 aromatic carbocycles. The summed E-state index contributed by atoms with van der Waals surface area (Å²) in [5.41, 5.74) is 0. The molecule has 0 saturated carbocycles. The minimum absolute atomic E-state index is 0.137.